The fraction of sp³-hybridized carbons (Fsp3) is 0. The van der Waals surface area contributed by atoms with Crippen molar-refractivity contribution in [2.24, 2.45) is 0 Å². The molecule has 0 fully saturated rings. The minimum Gasteiger partial charge on any atom is -0.319 e. The summed E-state index contributed by atoms with van der Waals surface area (Å²) in [5.41, 5.74) is -0.384. The predicted molar refractivity (Wildman–Crippen MR) is 76.3 cm³/mol. The molecule has 0 saturated heterocycles. The van der Waals surface area contributed by atoms with Gasteiger partial charge in [0.2, 0.25) is 5.95 Å². The van der Waals surface area contributed by atoms with Gasteiger partial charge < -0.3 is 5.32 Å². The Morgan fingerprint density at radius 3 is 2.45 bits per heavy atom. The van der Waals surface area contributed by atoms with E-state index >= 15 is 0 Å². The van der Waals surface area contributed by atoms with Crippen LogP contribution in [0.1, 0.15) is 10.4 Å². The lowest BCUT2D eigenvalue weighted by Gasteiger charge is -2.10. The number of hydrogen-bond donors (Lipinski definition) is 1. The van der Waals surface area contributed by atoms with Gasteiger partial charge in [0.15, 0.2) is 5.82 Å². The van der Waals surface area contributed by atoms with Crippen molar-refractivity contribution < 1.29 is 13.6 Å². The number of anilines is 1. The molecule has 1 aromatic carbocycles. The molecule has 0 aliphatic carbocycles. The van der Waals surface area contributed by atoms with Crippen LogP contribution >= 0.6 is 39.1 Å². The summed E-state index contributed by atoms with van der Waals surface area (Å²) in [5, 5.41) is 2.65. The van der Waals surface area contributed by atoms with Crippen molar-refractivity contribution in [3.05, 3.63) is 56.2 Å². The SMILES string of the molecule is O=C(Nc1c(Cl)cc(Br)cc1Cl)c1ccnc(F)c1F. The summed E-state index contributed by atoms with van der Waals surface area (Å²) >= 11 is 15.0. The van der Waals surface area contributed by atoms with Crippen molar-refractivity contribution in [3.8, 4) is 0 Å². The van der Waals surface area contributed by atoms with Crippen molar-refractivity contribution in [2.75, 3.05) is 5.32 Å². The van der Waals surface area contributed by atoms with Crippen molar-refractivity contribution in [1.29, 1.82) is 0 Å². The number of benzene rings is 1. The lowest BCUT2D eigenvalue weighted by atomic mass is 10.2. The van der Waals surface area contributed by atoms with Crippen molar-refractivity contribution >= 4 is 50.7 Å². The number of nitrogens with one attached hydrogen (secondary N) is 1. The standard InChI is InChI=1S/C12H5BrCl2F2N2O/c13-5-3-7(14)10(8(15)4-5)19-12(20)6-1-2-18-11(17)9(6)16/h1-4H,(H,19,20). The van der Waals surface area contributed by atoms with Crippen molar-refractivity contribution in [1.82, 2.24) is 4.98 Å². The number of aromatic nitrogens is 1. The van der Waals surface area contributed by atoms with Gasteiger partial charge in [0.05, 0.1) is 21.3 Å². The molecule has 0 spiro atoms. The van der Waals surface area contributed by atoms with E-state index < -0.39 is 23.2 Å². The van der Waals surface area contributed by atoms with Gasteiger partial charge in [-0.15, -0.1) is 0 Å². The van der Waals surface area contributed by atoms with Gasteiger partial charge in [-0.2, -0.15) is 4.39 Å². The van der Waals surface area contributed by atoms with E-state index in [1.54, 1.807) is 0 Å². The molecule has 2 aromatic rings. The molecule has 1 amide bonds. The highest BCUT2D eigenvalue weighted by molar-refractivity contribution is 9.10. The Labute approximate surface area is 131 Å². The van der Waals surface area contributed by atoms with Gasteiger partial charge in [-0.1, -0.05) is 39.1 Å². The van der Waals surface area contributed by atoms with Crippen LogP contribution in [0.4, 0.5) is 14.5 Å². The molecule has 1 heterocycles. The first-order chi connectivity index (χ1) is 9.40. The monoisotopic (exact) mass is 380 g/mol. The number of carbonyl (C=O) groups is 1. The van der Waals surface area contributed by atoms with E-state index in [2.05, 4.69) is 26.2 Å². The molecular weight excluding hydrogens is 377 g/mol. The maximum Gasteiger partial charge on any atom is 0.258 e. The van der Waals surface area contributed by atoms with Crippen LogP contribution in [0.25, 0.3) is 0 Å². The highest BCUT2D eigenvalue weighted by Crippen LogP contribution is 2.34. The average molecular weight is 382 g/mol. The molecule has 0 saturated carbocycles. The maximum absolute atomic E-state index is 13.4. The number of nitrogens with zero attached hydrogens (tertiary/aromatic N) is 1. The molecule has 20 heavy (non-hydrogen) atoms. The normalized spacial score (nSPS) is 10.4. The Bertz CT molecular complexity index is 674. The van der Waals surface area contributed by atoms with Gasteiger partial charge in [0, 0.05) is 10.7 Å². The summed E-state index contributed by atoms with van der Waals surface area (Å²) in [5.74, 6) is -3.57. The quantitative estimate of drug-likeness (QED) is 0.767. The third-order valence-corrected chi connectivity index (χ3v) is 3.39. The number of carbonyl (C=O) groups excluding carboxylic acids is 1. The van der Waals surface area contributed by atoms with Gasteiger partial charge in [0.25, 0.3) is 5.91 Å². The van der Waals surface area contributed by atoms with Gasteiger partial charge in [-0.3, -0.25) is 4.79 Å². The molecule has 8 heteroatoms. The fourth-order valence-electron chi connectivity index (χ4n) is 1.44. The van der Waals surface area contributed by atoms with E-state index in [-0.39, 0.29) is 15.7 Å². The van der Waals surface area contributed by atoms with Crippen LogP contribution in [0.3, 0.4) is 0 Å². The smallest absolute Gasteiger partial charge is 0.258 e. The van der Waals surface area contributed by atoms with Crippen LogP contribution in [0.2, 0.25) is 10.0 Å². The molecule has 0 atom stereocenters. The highest BCUT2D eigenvalue weighted by atomic mass is 79.9. The zero-order valence-electron chi connectivity index (χ0n) is 9.55. The first-order valence-corrected chi connectivity index (χ1v) is 6.71. The maximum atomic E-state index is 13.4. The molecule has 1 aromatic heterocycles. The summed E-state index contributed by atoms with van der Waals surface area (Å²) < 4.78 is 27.0. The number of hydrogen-bond acceptors (Lipinski definition) is 2. The Morgan fingerprint density at radius 2 is 1.85 bits per heavy atom. The third-order valence-electron chi connectivity index (χ3n) is 2.34. The molecule has 0 aliphatic heterocycles. The van der Waals surface area contributed by atoms with E-state index in [4.69, 9.17) is 23.2 Å². The zero-order chi connectivity index (χ0) is 14.9. The topological polar surface area (TPSA) is 42.0 Å². The summed E-state index contributed by atoms with van der Waals surface area (Å²) in [6.07, 6.45) is 0.984. The summed E-state index contributed by atoms with van der Waals surface area (Å²) in [4.78, 5) is 15.0. The Hall–Kier alpha value is -1.24. The van der Waals surface area contributed by atoms with Crippen LogP contribution in [-0.2, 0) is 0 Å². The van der Waals surface area contributed by atoms with E-state index in [0.717, 1.165) is 12.3 Å². The highest BCUT2D eigenvalue weighted by Gasteiger charge is 2.18. The van der Waals surface area contributed by atoms with E-state index in [0.29, 0.717) is 4.47 Å². The largest absolute Gasteiger partial charge is 0.319 e. The van der Waals surface area contributed by atoms with Gasteiger partial charge >= 0.3 is 0 Å². The second-order valence-electron chi connectivity index (χ2n) is 3.66. The third kappa shape index (κ3) is 3.08. The number of amides is 1. The molecule has 3 nitrogen and oxygen atoms in total. The number of halogens is 5. The van der Waals surface area contributed by atoms with E-state index in [1.807, 2.05) is 0 Å². The van der Waals surface area contributed by atoms with Gasteiger partial charge in [-0.25, -0.2) is 9.37 Å². The van der Waals surface area contributed by atoms with E-state index in [9.17, 15) is 13.6 Å². The van der Waals surface area contributed by atoms with Crippen LogP contribution in [-0.4, -0.2) is 10.9 Å². The molecule has 0 unspecified atom stereocenters. The van der Waals surface area contributed by atoms with Crippen LogP contribution in [0.5, 0.6) is 0 Å². The lowest BCUT2D eigenvalue weighted by molar-refractivity contribution is 0.102. The Morgan fingerprint density at radius 1 is 1.25 bits per heavy atom. The molecule has 0 aliphatic rings. The average Bonchev–Trinajstić information content (AvgIpc) is 2.36. The summed E-state index contributed by atoms with van der Waals surface area (Å²) in [6, 6.07) is 4.06. The Balaban J connectivity index is 2.36. The molecule has 104 valence electrons. The molecule has 0 bridgehead atoms. The molecule has 0 radical (unpaired) electrons. The first-order valence-electron chi connectivity index (χ1n) is 5.16. The minimum atomic E-state index is -1.36. The second-order valence-corrected chi connectivity index (χ2v) is 5.39. The molecule has 2 rings (SSSR count). The minimum absolute atomic E-state index is 0.109. The zero-order valence-corrected chi connectivity index (χ0v) is 12.7. The fourth-order valence-corrected chi connectivity index (χ4v) is 2.74. The Kier molecular flexibility index (Phi) is 4.57. The van der Waals surface area contributed by atoms with Crippen LogP contribution in [0.15, 0.2) is 28.9 Å². The predicted octanol–water partition coefficient (Wildman–Crippen LogP) is 4.68. The van der Waals surface area contributed by atoms with Gasteiger partial charge in [-0.05, 0) is 18.2 Å². The second kappa shape index (κ2) is 6.03. The molecule has 1 N–H and O–H groups in total. The van der Waals surface area contributed by atoms with Crippen LogP contribution < -0.4 is 5.32 Å². The van der Waals surface area contributed by atoms with E-state index in [1.165, 1.54) is 12.1 Å². The first kappa shape index (κ1) is 15.2. The van der Waals surface area contributed by atoms with Crippen LogP contribution in [0, 0.1) is 11.8 Å². The number of rotatable bonds is 2. The number of pyridine rings is 1. The summed E-state index contributed by atoms with van der Waals surface area (Å²) in [7, 11) is 0. The van der Waals surface area contributed by atoms with Crippen molar-refractivity contribution in [3.63, 3.8) is 0 Å². The summed E-state index contributed by atoms with van der Waals surface area (Å²) in [6.45, 7) is 0. The van der Waals surface area contributed by atoms with Gasteiger partial charge in [0.1, 0.15) is 0 Å². The molecular formula is C12H5BrCl2F2N2O. The lowest BCUT2D eigenvalue weighted by Crippen LogP contribution is -2.15. The van der Waals surface area contributed by atoms with Crippen molar-refractivity contribution in [2.45, 2.75) is 0 Å².